The molecule has 20 heavy (non-hydrogen) atoms. The summed E-state index contributed by atoms with van der Waals surface area (Å²) in [5.41, 5.74) is 1.18. The van der Waals surface area contributed by atoms with Crippen LogP contribution in [0.5, 0.6) is 0 Å². The fourth-order valence-electron chi connectivity index (χ4n) is 1.89. The molecule has 0 spiro atoms. The molecule has 2 rings (SSSR count). The second-order valence-electron chi connectivity index (χ2n) is 4.36. The molecule has 1 aromatic heterocycles. The highest BCUT2D eigenvalue weighted by Crippen LogP contribution is 2.20. The summed E-state index contributed by atoms with van der Waals surface area (Å²) >= 11 is 0. The molecule has 6 nitrogen and oxygen atoms in total. The molecule has 1 N–H and O–H groups in total. The number of nitrogens with one attached hydrogen (secondary N) is 1. The first kappa shape index (κ1) is 14.1. The Kier molecular flexibility index (Phi) is 4.41. The Morgan fingerprint density at radius 3 is 3.00 bits per heavy atom. The fraction of sp³-hybridized carbons (Fsp3) is 0.308. The van der Waals surface area contributed by atoms with Gasteiger partial charge in [-0.05, 0) is 18.7 Å². The lowest BCUT2D eigenvalue weighted by molar-refractivity contribution is -0.385. The second kappa shape index (κ2) is 6.25. The normalized spacial score (nSPS) is 10.7. The molecule has 0 aliphatic carbocycles. The Morgan fingerprint density at radius 1 is 1.50 bits per heavy atom. The number of nitro groups is 1. The van der Waals surface area contributed by atoms with Crippen molar-refractivity contribution in [2.45, 2.75) is 20.0 Å². The van der Waals surface area contributed by atoms with Gasteiger partial charge in [0.25, 0.3) is 5.69 Å². The first-order chi connectivity index (χ1) is 9.60. The average Bonchev–Trinajstić information content (AvgIpc) is 2.83. The monoisotopic (exact) mass is 278 g/mol. The number of nitrogens with zero attached hydrogens (tertiary/aromatic N) is 3. The van der Waals surface area contributed by atoms with Crippen LogP contribution in [-0.4, -0.2) is 21.2 Å². The van der Waals surface area contributed by atoms with Gasteiger partial charge in [-0.25, -0.2) is 4.39 Å². The predicted molar refractivity (Wildman–Crippen MR) is 71.8 cm³/mol. The summed E-state index contributed by atoms with van der Waals surface area (Å²) in [7, 11) is 0. The van der Waals surface area contributed by atoms with Crippen molar-refractivity contribution >= 4 is 5.69 Å². The van der Waals surface area contributed by atoms with E-state index in [9.17, 15) is 14.5 Å². The van der Waals surface area contributed by atoms with E-state index in [1.54, 1.807) is 17.1 Å². The third kappa shape index (κ3) is 3.39. The molecule has 0 atom stereocenters. The van der Waals surface area contributed by atoms with Gasteiger partial charge in [-0.1, -0.05) is 6.92 Å². The number of halogens is 1. The zero-order valence-electron chi connectivity index (χ0n) is 11.0. The molecule has 0 saturated heterocycles. The summed E-state index contributed by atoms with van der Waals surface area (Å²) < 4.78 is 14.8. The number of hydrogen-bond acceptors (Lipinski definition) is 4. The molecule has 106 valence electrons. The maximum absolute atomic E-state index is 13.2. The first-order valence-electron chi connectivity index (χ1n) is 6.25. The Labute approximate surface area is 115 Å². The van der Waals surface area contributed by atoms with Gasteiger partial charge in [0.15, 0.2) is 0 Å². The predicted octanol–water partition coefficient (Wildman–Crippen LogP) is 2.09. The number of nitro benzene ring substituents is 1. The SMILES string of the molecule is CCNCc1cnn(Cc2cc(F)ccc2[N+](=O)[O-])c1. The lowest BCUT2D eigenvalue weighted by Gasteiger charge is -2.03. The van der Waals surface area contributed by atoms with Crippen molar-refractivity contribution in [2.75, 3.05) is 6.54 Å². The molecule has 0 aliphatic rings. The number of benzene rings is 1. The average molecular weight is 278 g/mol. The molecule has 0 fully saturated rings. The number of hydrogen-bond donors (Lipinski definition) is 1. The summed E-state index contributed by atoms with van der Waals surface area (Å²) in [4.78, 5) is 10.4. The molecular weight excluding hydrogens is 263 g/mol. The van der Waals surface area contributed by atoms with Crippen molar-refractivity contribution in [1.29, 1.82) is 0 Å². The van der Waals surface area contributed by atoms with Crippen molar-refractivity contribution in [2.24, 2.45) is 0 Å². The van der Waals surface area contributed by atoms with Crippen LogP contribution in [0.1, 0.15) is 18.1 Å². The highest BCUT2D eigenvalue weighted by Gasteiger charge is 2.15. The number of aromatic nitrogens is 2. The minimum Gasteiger partial charge on any atom is -0.313 e. The van der Waals surface area contributed by atoms with Gasteiger partial charge in [-0.15, -0.1) is 0 Å². The third-order valence-electron chi connectivity index (χ3n) is 2.84. The highest BCUT2D eigenvalue weighted by molar-refractivity contribution is 5.40. The summed E-state index contributed by atoms with van der Waals surface area (Å²) in [6.45, 7) is 3.70. The first-order valence-corrected chi connectivity index (χ1v) is 6.25. The lowest BCUT2D eigenvalue weighted by atomic mass is 10.2. The van der Waals surface area contributed by atoms with Crippen molar-refractivity contribution in [3.8, 4) is 0 Å². The standard InChI is InChI=1S/C13H15FN4O2/c1-2-15-6-10-7-16-17(8-10)9-11-5-12(14)3-4-13(11)18(19)20/h3-5,7-8,15H,2,6,9H2,1H3. The Bertz CT molecular complexity index is 612. The van der Waals surface area contributed by atoms with E-state index >= 15 is 0 Å². The number of rotatable bonds is 6. The molecule has 0 aliphatic heterocycles. The highest BCUT2D eigenvalue weighted by atomic mass is 19.1. The van der Waals surface area contributed by atoms with Crippen LogP contribution in [0.15, 0.2) is 30.6 Å². The summed E-state index contributed by atoms with van der Waals surface area (Å²) in [6, 6.07) is 3.43. The topological polar surface area (TPSA) is 73.0 Å². The van der Waals surface area contributed by atoms with Gasteiger partial charge >= 0.3 is 0 Å². The van der Waals surface area contributed by atoms with Crippen LogP contribution < -0.4 is 5.32 Å². The smallest absolute Gasteiger partial charge is 0.274 e. The van der Waals surface area contributed by atoms with E-state index in [1.165, 1.54) is 12.1 Å². The van der Waals surface area contributed by atoms with Crippen molar-refractivity contribution in [3.63, 3.8) is 0 Å². The van der Waals surface area contributed by atoms with Gasteiger partial charge in [0.05, 0.1) is 23.2 Å². The van der Waals surface area contributed by atoms with Crippen LogP contribution in [-0.2, 0) is 13.1 Å². The summed E-state index contributed by atoms with van der Waals surface area (Å²) in [5, 5.41) is 18.2. The minimum absolute atomic E-state index is 0.102. The molecule has 0 saturated carbocycles. The van der Waals surface area contributed by atoms with Gasteiger partial charge in [-0.3, -0.25) is 14.8 Å². The Morgan fingerprint density at radius 2 is 2.30 bits per heavy atom. The second-order valence-corrected chi connectivity index (χ2v) is 4.36. The van der Waals surface area contributed by atoms with Gasteiger partial charge in [0.2, 0.25) is 0 Å². The quantitative estimate of drug-likeness (QED) is 0.648. The van der Waals surface area contributed by atoms with Crippen molar-refractivity contribution in [1.82, 2.24) is 15.1 Å². The van der Waals surface area contributed by atoms with Crippen LogP contribution in [0.2, 0.25) is 0 Å². The molecule has 0 radical (unpaired) electrons. The van der Waals surface area contributed by atoms with E-state index in [1.807, 2.05) is 6.92 Å². The van der Waals surface area contributed by atoms with Crippen LogP contribution in [0.25, 0.3) is 0 Å². The minimum atomic E-state index is -0.516. The van der Waals surface area contributed by atoms with Crippen LogP contribution in [0.4, 0.5) is 10.1 Å². The molecule has 0 unspecified atom stereocenters. The van der Waals surface area contributed by atoms with Gasteiger partial charge < -0.3 is 5.32 Å². The zero-order chi connectivity index (χ0) is 14.5. The maximum atomic E-state index is 13.2. The van der Waals surface area contributed by atoms with E-state index in [-0.39, 0.29) is 12.2 Å². The largest absolute Gasteiger partial charge is 0.313 e. The fourth-order valence-corrected chi connectivity index (χ4v) is 1.89. The molecule has 1 aromatic carbocycles. The molecule has 0 bridgehead atoms. The molecule has 2 aromatic rings. The third-order valence-corrected chi connectivity index (χ3v) is 2.84. The van der Waals surface area contributed by atoms with Crippen LogP contribution in [0, 0.1) is 15.9 Å². The lowest BCUT2D eigenvalue weighted by Crippen LogP contribution is -2.11. The summed E-state index contributed by atoms with van der Waals surface area (Å²) in [6.07, 6.45) is 3.48. The van der Waals surface area contributed by atoms with Gasteiger partial charge in [0, 0.05) is 24.4 Å². The Hall–Kier alpha value is -2.28. The van der Waals surface area contributed by atoms with Crippen molar-refractivity contribution < 1.29 is 9.31 Å². The van der Waals surface area contributed by atoms with E-state index in [0.29, 0.717) is 12.1 Å². The van der Waals surface area contributed by atoms with Crippen LogP contribution >= 0.6 is 0 Å². The molecule has 1 heterocycles. The van der Waals surface area contributed by atoms with E-state index in [2.05, 4.69) is 10.4 Å². The van der Waals surface area contributed by atoms with Crippen LogP contribution in [0.3, 0.4) is 0 Å². The molecule has 0 amide bonds. The molecule has 7 heteroatoms. The zero-order valence-corrected chi connectivity index (χ0v) is 11.0. The molecular formula is C13H15FN4O2. The van der Waals surface area contributed by atoms with Crippen molar-refractivity contribution in [3.05, 3.63) is 57.7 Å². The van der Waals surface area contributed by atoms with E-state index < -0.39 is 10.7 Å². The van der Waals surface area contributed by atoms with Gasteiger partial charge in [-0.2, -0.15) is 5.10 Å². The Balaban J connectivity index is 2.19. The van der Waals surface area contributed by atoms with E-state index in [4.69, 9.17) is 0 Å². The maximum Gasteiger partial charge on any atom is 0.274 e. The van der Waals surface area contributed by atoms with Gasteiger partial charge in [0.1, 0.15) is 5.82 Å². The van der Waals surface area contributed by atoms with E-state index in [0.717, 1.165) is 18.2 Å². The summed E-state index contributed by atoms with van der Waals surface area (Å²) in [5.74, 6) is -0.495.